The van der Waals surface area contributed by atoms with E-state index in [-0.39, 0.29) is 5.78 Å². The zero-order chi connectivity index (χ0) is 11.3. The molecule has 15 heavy (non-hydrogen) atoms. The molecule has 0 bridgehead atoms. The van der Waals surface area contributed by atoms with Gasteiger partial charge < -0.3 is 9.53 Å². The Morgan fingerprint density at radius 1 is 1.53 bits per heavy atom. The first-order chi connectivity index (χ1) is 7.17. The molecule has 1 aromatic rings. The van der Waals surface area contributed by atoms with Gasteiger partial charge in [-0.05, 0) is 31.0 Å². The zero-order valence-corrected chi connectivity index (χ0v) is 8.91. The normalized spacial score (nSPS) is 9.40. The van der Waals surface area contributed by atoms with Crippen LogP contribution in [0.1, 0.15) is 24.5 Å². The van der Waals surface area contributed by atoms with Crippen LogP contribution in [0.3, 0.4) is 0 Å². The Labute approximate surface area is 89.3 Å². The van der Waals surface area contributed by atoms with Crippen LogP contribution in [-0.4, -0.2) is 12.9 Å². The van der Waals surface area contributed by atoms with Gasteiger partial charge in [0.2, 0.25) is 0 Å². The molecule has 0 atom stereocenters. The minimum atomic E-state index is 0.165. The molecular formula is C12H13NO2. The molecule has 0 saturated heterocycles. The molecule has 0 fully saturated rings. The second-order valence-corrected chi connectivity index (χ2v) is 3.35. The number of benzene rings is 1. The van der Waals surface area contributed by atoms with Crippen molar-refractivity contribution in [3.05, 3.63) is 29.3 Å². The SMILES string of the molecule is COc1cc(CCC(C)=O)ccc1C#N. The molecule has 0 aliphatic carbocycles. The first-order valence-electron chi connectivity index (χ1n) is 4.74. The lowest BCUT2D eigenvalue weighted by atomic mass is 10.1. The van der Waals surface area contributed by atoms with Gasteiger partial charge >= 0.3 is 0 Å². The van der Waals surface area contributed by atoms with E-state index in [1.54, 1.807) is 13.0 Å². The van der Waals surface area contributed by atoms with Crippen LogP contribution in [0.4, 0.5) is 0 Å². The summed E-state index contributed by atoms with van der Waals surface area (Å²) in [7, 11) is 1.53. The fraction of sp³-hybridized carbons (Fsp3) is 0.333. The molecule has 0 unspecified atom stereocenters. The Kier molecular flexibility index (Phi) is 3.87. The molecule has 3 nitrogen and oxygen atoms in total. The summed E-state index contributed by atoms with van der Waals surface area (Å²) in [6, 6.07) is 7.42. The van der Waals surface area contributed by atoms with E-state index in [4.69, 9.17) is 10.00 Å². The number of hydrogen-bond donors (Lipinski definition) is 0. The Morgan fingerprint density at radius 2 is 2.27 bits per heavy atom. The maximum Gasteiger partial charge on any atom is 0.136 e. The van der Waals surface area contributed by atoms with E-state index >= 15 is 0 Å². The van der Waals surface area contributed by atoms with Gasteiger partial charge in [-0.15, -0.1) is 0 Å². The summed E-state index contributed by atoms with van der Waals surface area (Å²) in [5.74, 6) is 0.733. The fourth-order valence-corrected chi connectivity index (χ4v) is 1.30. The molecule has 0 radical (unpaired) electrons. The van der Waals surface area contributed by atoms with Crippen molar-refractivity contribution in [1.82, 2.24) is 0 Å². The van der Waals surface area contributed by atoms with E-state index in [1.165, 1.54) is 7.11 Å². The number of carbonyl (C=O) groups excluding carboxylic acids is 1. The summed E-state index contributed by atoms with van der Waals surface area (Å²) in [5.41, 5.74) is 1.53. The maximum absolute atomic E-state index is 10.8. The number of ketones is 1. The number of rotatable bonds is 4. The highest BCUT2D eigenvalue weighted by molar-refractivity contribution is 5.75. The Hall–Kier alpha value is -1.82. The number of nitrogens with zero attached hydrogens (tertiary/aromatic N) is 1. The molecule has 0 aliphatic rings. The summed E-state index contributed by atoms with van der Waals surface area (Å²) in [4.78, 5) is 10.8. The second kappa shape index (κ2) is 5.16. The highest BCUT2D eigenvalue weighted by Crippen LogP contribution is 2.19. The number of nitriles is 1. The lowest BCUT2D eigenvalue weighted by Gasteiger charge is -2.05. The van der Waals surface area contributed by atoms with Crippen LogP contribution >= 0.6 is 0 Å². The van der Waals surface area contributed by atoms with Gasteiger partial charge in [0.05, 0.1) is 12.7 Å². The molecule has 0 spiro atoms. The summed E-state index contributed by atoms with van der Waals surface area (Å²) in [6.07, 6.45) is 1.21. The van der Waals surface area contributed by atoms with Gasteiger partial charge in [-0.1, -0.05) is 6.07 Å². The molecule has 0 amide bonds. The van der Waals surface area contributed by atoms with Crippen LogP contribution in [-0.2, 0) is 11.2 Å². The quantitative estimate of drug-likeness (QED) is 0.752. The summed E-state index contributed by atoms with van der Waals surface area (Å²) < 4.78 is 5.08. The van der Waals surface area contributed by atoms with Gasteiger partial charge in [0, 0.05) is 6.42 Å². The molecule has 0 heterocycles. The molecule has 3 heteroatoms. The number of ether oxygens (including phenoxy) is 1. The molecule has 78 valence electrons. The van der Waals surface area contributed by atoms with E-state index in [0.29, 0.717) is 24.2 Å². The third-order valence-corrected chi connectivity index (χ3v) is 2.15. The molecular weight excluding hydrogens is 190 g/mol. The van der Waals surface area contributed by atoms with Crippen LogP contribution < -0.4 is 4.74 Å². The maximum atomic E-state index is 10.8. The van der Waals surface area contributed by atoms with Gasteiger partial charge in [-0.3, -0.25) is 0 Å². The minimum Gasteiger partial charge on any atom is -0.495 e. The third kappa shape index (κ3) is 3.10. The summed E-state index contributed by atoms with van der Waals surface area (Å²) in [5, 5.41) is 8.77. The molecule has 0 aromatic heterocycles. The summed E-state index contributed by atoms with van der Waals surface area (Å²) >= 11 is 0. The molecule has 1 aromatic carbocycles. The van der Waals surface area contributed by atoms with E-state index in [2.05, 4.69) is 0 Å². The van der Waals surface area contributed by atoms with E-state index in [9.17, 15) is 4.79 Å². The number of methoxy groups -OCH3 is 1. The predicted octanol–water partition coefficient (Wildman–Crippen LogP) is 2.09. The highest BCUT2D eigenvalue weighted by Gasteiger charge is 2.04. The monoisotopic (exact) mass is 203 g/mol. The van der Waals surface area contributed by atoms with E-state index in [0.717, 1.165) is 5.56 Å². The first kappa shape index (κ1) is 11.3. The molecule has 0 saturated carbocycles. The van der Waals surface area contributed by atoms with Crippen molar-refractivity contribution in [1.29, 1.82) is 5.26 Å². The van der Waals surface area contributed by atoms with Gasteiger partial charge in [-0.25, -0.2) is 0 Å². The largest absolute Gasteiger partial charge is 0.495 e. The average molecular weight is 203 g/mol. The second-order valence-electron chi connectivity index (χ2n) is 3.35. The predicted molar refractivity (Wildman–Crippen MR) is 56.7 cm³/mol. The van der Waals surface area contributed by atoms with Gasteiger partial charge in [-0.2, -0.15) is 5.26 Å². The van der Waals surface area contributed by atoms with Crippen molar-refractivity contribution < 1.29 is 9.53 Å². The Bertz CT molecular complexity index is 405. The van der Waals surface area contributed by atoms with E-state index < -0.39 is 0 Å². The highest BCUT2D eigenvalue weighted by atomic mass is 16.5. The molecule has 0 N–H and O–H groups in total. The van der Waals surface area contributed by atoms with E-state index in [1.807, 2.05) is 18.2 Å². The van der Waals surface area contributed by atoms with Crippen LogP contribution in [0, 0.1) is 11.3 Å². The number of carbonyl (C=O) groups is 1. The lowest BCUT2D eigenvalue weighted by molar-refractivity contribution is -0.116. The van der Waals surface area contributed by atoms with Crippen molar-refractivity contribution in [2.45, 2.75) is 19.8 Å². The van der Waals surface area contributed by atoms with Crippen LogP contribution in [0.5, 0.6) is 5.75 Å². The number of aryl methyl sites for hydroxylation is 1. The van der Waals surface area contributed by atoms with Crippen molar-refractivity contribution in [3.8, 4) is 11.8 Å². The average Bonchev–Trinajstić information content (AvgIpc) is 2.25. The first-order valence-corrected chi connectivity index (χ1v) is 4.74. The van der Waals surface area contributed by atoms with Crippen molar-refractivity contribution in [2.24, 2.45) is 0 Å². The van der Waals surface area contributed by atoms with Crippen LogP contribution in [0.15, 0.2) is 18.2 Å². The third-order valence-electron chi connectivity index (χ3n) is 2.15. The van der Waals surface area contributed by atoms with Crippen LogP contribution in [0.2, 0.25) is 0 Å². The van der Waals surface area contributed by atoms with Gasteiger partial charge in [0.1, 0.15) is 17.6 Å². The molecule has 0 aliphatic heterocycles. The van der Waals surface area contributed by atoms with Gasteiger partial charge in [0.15, 0.2) is 0 Å². The van der Waals surface area contributed by atoms with Crippen LogP contribution in [0.25, 0.3) is 0 Å². The Balaban J connectivity index is 2.84. The number of hydrogen-bond acceptors (Lipinski definition) is 3. The fourth-order valence-electron chi connectivity index (χ4n) is 1.30. The number of Topliss-reactive ketones (excluding diaryl/α,β-unsaturated/α-hetero) is 1. The Morgan fingerprint density at radius 3 is 2.80 bits per heavy atom. The molecule has 1 rings (SSSR count). The van der Waals surface area contributed by atoms with Crippen molar-refractivity contribution in [3.63, 3.8) is 0 Å². The van der Waals surface area contributed by atoms with Crippen molar-refractivity contribution >= 4 is 5.78 Å². The zero-order valence-electron chi connectivity index (χ0n) is 8.91. The van der Waals surface area contributed by atoms with Gasteiger partial charge in [0.25, 0.3) is 0 Å². The smallest absolute Gasteiger partial charge is 0.136 e. The minimum absolute atomic E-state index is 0.165. The van der Waals surface area contributed by atoms with Crippen molar-refractivity contribution in [2.75, 3.05) is 7.11 Å². The summed E-state index contributed by atoms with van der Waals surface area (Å²) in [6.45, 7) is 1.57. The standard InChI is InChI=1S/C12H13NO2/c1-9(14)3-4-10-5-6-11(8-13)12(7-10)15-2/h5-7H,3-4H2,1-2H3. The topological polar surface area (TPSA) is 50.1 Å². The lowest BCUT2D eigenvalue weighted by Crippen LogP contribution is -1.95.